The lowest BCUT2D eigenvalue weighted by Crippen LogP contribution is -2.34. The summed E-state index contributed by atoms with van der Waals surface area (Å²) in [5.41, 5.74) is 3.31. The standard InChI is InChI=1S/C36H53ClN6OS/c1-7-12-15-28(10-4)25-43(26-29(11-5)16-13-8-2)31-19-22-34(33(37)24-31)40-42-36-38-27(6)35(45-36)41-39-30-17-20-32(21-18-30)44-23-14-9-3/h17-22,24,28-29H,7-16,23,25-26H2,1-6H3/b41-39?,42-40+. The predicted octanol–water partition coefficient (Wildman–Crippen LogP) is 13.4. The molecule has 9 heteroatoms. The van der Waals surface area contributed by atoms with Gasteiger partial charge in [0.15, 0.2) is 5.00 Å². The molecule has 0 aliphatic rings. The molecule has 0 saturated heterocycles. The highest BCUT2D eigenvalue weighted by Gasteiger charge is 2.18. The summed E-state index contributed by atoms with van der Waals surface area (Å²) in [4.78, 5) is 7.10. The zero-order valence-corrected chi connectivity index (χ0v) is 29.8. The van der Waals surface area contributed by atoms with E-state index >= 15 is 0 Å². The van der Waals surface area contributed by atoms with Crippen LogP contribution in [-0.2, 0) is 0 Å². The lowest BCUT2D eigenvalue weighted by Gasteiger charge is -2.32. The van der Waals surface area contributed by atoms with E-state index in [2.05, 4.69) is 77.1 Å². The molecule has 0 bridgehead atoms. The number of hydrogen-bond acceptors (Lipinski definition) is 8. The van der Waals surface area contributed by atoms with Gasteiger partial charge in [0.25, 0.3) is 0 Å². The summed E-state index contributed by atoms with van der Waals surface area (Å²) in [6, 6.07) is 13.8. The van der Waals surface area contributed by atoms with Crippen LogP contribution in [0.3, 0.4) is 0 Å². The monoisotopic (exact) mass is 652 g/mol. The SMILES string of the molecule is CCCCOc1ccc(N=Nc2sc(/N=N/c3ccc(N(CC(CC)CCCC)CC(CC)CCCC)cc3Cl)nc2C)cc1. The van der Waals surface area contributed by atoms with Crippen LogP contribution in [0.15, 0.2) is 62.9 Å². The minimum absolute atomic E-state index is 0.520. The van der Waals surface area contributed by atoms with Crippen molar-refractivity contribution in [1.29, 1.82) is 0 Å². The van der Waals surface area contributed by atoms with Crippen LogP contribution in [0.25, 0.3) is 0 Å². The molecular formula is C36H53ClN6OS. The third-order valence-corrected chi connectivity index (χ3v) is 9.43. The van der Waals surface area contributed by atoms with Crippen LogP contribution in [-0.4, -0.2) is 24.7 Å². The Morgan fingerprint density at radius 2 is 1.44 bits per heavy atom. The number of aromatic nitrogens is 1. The first-order valence-corrected chi connectivity index (χ1v) is 18.2. The van der Waals surface area contributed by atoms with E-state index in [1.54, 1.807) is 0 Å². The number of ether oxygens (including phenoxy) is 1. The lowest BCUT2D eigenvalue weighted by atomic mass is 9.95. The number of thiazole rings is 1. The first kappa shape index (κ1) is 36.6. The molecule has 0 saturated carbocycles. The van der Waals surface area contributed by atoms with Crippen molar-refractivity contribution in [3.63, 3.8) is 0 Å². The maximum absolute atomic E-state index is 6.81. The molecule has 2 aromatic carbocycles. The van der Waals surface area contributed by atoms with E-state index < -0.39 is 0 Å². The summed E-state index contributed by atoms with van der Waals surface area (Å²) in [6.07, 6.45) is 12.1. The second-order valence-electron chi connectivity index (χ2n) is 11.9. The van der Waals surface area contributed by atoms with Gasteiger partial charge >= 0.3 is 0 Å². The third-order valence-electron chi connectivity index (χ3n) is 8.20. The highest BCUT2D eigenvalue weighted by molar-refractivity contribution is 7.19. The summed E-state index contributed by atoms with van der Waals surface area (Å²) in [6.45, 7) is 16.1. The summed E-state index contributed by atoms with van der Waals surface area (Å²) >= 11 is 8.16. The van der Waals surface area contributed by atoms with Crippen molar-refractivity contribution in [2.24, 2.45) is 32.3 Å². The first-order valence-electron chi connectivity index (χ1n) is 17.0. The summed E-state index contributed by atoms with van der Waals surface area (Å²) < 4.78 is 5.73. The average molecular weight is 653 g/mol. The minimum Gasteiger partial charge on any atom is -0.494 e. The van der Waals surface area contributed by atoms with E-state index in [9.17, 15) is 0 Å². The van der Waals surface area contributed by atoms with Gasteiger partial charge in [0.2, 0.25) is 5.13 Å². The van der Waals surface area contributed by atoms with Gasteiger partial charge in [-0.1, -0.05) is 103 Å². The fourth-order valence-corrected chi connectivity index (χ4v) is 6.09. The van der Waals surface area contributed by atoms with Gasteiger partial charge < -0.3 is 9.64 Å². The molecule has 3 rings (SSSR count). The van der Waals surface area contributed by atoms with Crippen molar-refractivity contribution in [2.45, 2.75) is 106 Å². The predicted molar refractivity (Wildman–Crippen MR) is 192 cm³/mol. The number of unbranched alkanes of at least 4 members (excludes halogenated alkanes) is 3. The summed E-state index contributed by atoms with van der Waals surface area (Å²) in [5, 5.41) is 19.5. The van der Waals surface area contributed by atoms with E-state index in [1.807, 2.05) is 37.3 Å². The third kappa shape index (κ3) is 12.5. The van der Waals surface area contributed by atoms with Gasteiger partial charge in [-0.25, -0.2) is 4.98 Å². The largest absolute Gasteiger partial charge is 0.494 e. The van der Waals surface area contributed by atoms with E-state index in [0.717, 1.165) is 55.4 Å². The molecule has 3 aromatic rings. The Balaban J connectivity index is 1.71. The second kappa shape index (κ2) is 20.3. The van der Waals surface area contributed by atoms with Gasteiger partial charge in [0.1, 0.15) is 11.4 Å². The summed E-state index contributed by atoms with van der Waals surface area (Å²) in [7, 11) is 0. The number of rotatable bonds is 21. The van der Waals surface area contributed by atoms with Gasteiger partial charge in [-0.2, -0.15) is 0 Å². The van der Waals surface area contributed by atoms with Crippen molar-refractivity contribution >= 4 is 50.1 Å². The molecule has 246 valence electrons. The first-order chi connectivity index (χ1) is 21.9. The highest BCUT2D eigenvalue weighted by atomic mass is 35.5. The maximum Gasteiger partial charge on any atom is 0.232 e. The van der Waals surface area contributed by atoms with E-state index in [1.165, 1.54) is 62.7 Å². The Kier molecular flexibility index (Phi) is 16.5. The van der Waals surface area contributed by atoms with Crippen molar-refractivity contribution < 1.29 is 4.74 Å². The van der Waals surface area contributed by atoms with Crippen LogP contribution in [0, 0.1) is 18.8 Å². The van der Waals surface area contributed by atoms with Gasteiger partial charge in [-0.05, 0) is 80.5 Å². The van der Waals surface area contributed by atoms with Crippen LogP contribution in [0.1, 0.15) is 105 Å². The molecule has 1 heterocycles. The molecule has 1 aromatic heterocycles. The van der Waals surface area contributed by atoms with Crippen molar-refractivity contribution in [3.8, 4) is 5.75 Å². The molecular weight excluding hydrogens is 600 g/mol. The fourth-order valence-electron chi connectivity index (χ4n) is 5.17. The average Bonchev–Trinajstić information content (AvgIpc) is 3.41. The number of hydrogen-bond donors (Lipinski definition) is 0. The van der Waals surface area contributed by atoms with Crippen LogP contribution >= 0.6 is 22.9 Å². The maximum atomic E-state index is 6.81. The molecule has 0 N–H and O–H groups in total. The number of aryl methyl sites for hydroxylation is 1. The topological polar surface area (TPSA) is 74.8 Å². The molecule has 45 heavy (non-hydrogen) atoms. The molecule has 7 nitrogen and oxygen atoms in total. The van der Waals surface area contributed by atoms with Crippen LogP contribution in [0.2, 0.25) is 5.02 Å². The van der Waals surface area contributed by atoms with Gasteiger partial charge in [0, 0.05) is 18.8 Å². The van der Waals surface area contributed by atoms with Crippen molar-refractivity contribution in [3.05, 3.63) is 53.2 Å². The Morgan fingerprint density at radius 3 is 2.02 bits per heavy atom. The van der Waals surface area contributed by atoms with Gasteiger partial charge in [0.05, 0.1) is 23.0 Å². The van der Waals surface area contributed by atoms with E-state index in [0.29, 0.717) is 32.7 Å². The van der Waals surface area contributed by atoms with Gasteiger partial charge in [-0.3, -0.25) is 0 Å². The number of halogens is 1. The molecule has 2 atom stereocenters. The zero-order valence-electron chi connectivity index (χ0n) is 28.3. The molecule has 0 spiro atoms. The van der Waals surface area contributed by atoms with Crippen molar-refractivity contribution in [2.75, 3.05) is 24.6 Å². The Morgan fingerprint density at radius 1 is 0.800 bits per heavy atom. The molecule has 0 fully saturated rings. The zero-order chi connectivity index (χ0) is 32.4. The summed E-state index contributed by atoms with van der Waals surface area (Å²) in [5.74, 6) is 2.19. The molecule has 2 unspecified atom stereocenters. The Labute approximate surface area is 280 Å². The normalized spacial score (nSPS) is 13.1. The molecule has 0 aliphatic heterocycles. The fraction of sp³-hybridized carbons (Fsp3) is 0.583. The van der Waals surface area contributed by atoms with Gasteiger partial charge in [-0.15, -0.1) is 20.5 Å². The van der Waals surface area contributed by atoms with E-state index in [-0.39, 0.29) is 0 Å². The quantitative estimate of drug-likeness (QED) is 0.0848. The molecule has 0 amide bonds. The lowest BCUT2D eigenvalue weighted by molar-refractivity contribution is 0.309. The number of nitrogens with zero attached hydrogens (tertiary/aromatic N) is 6. The van der Waals surface area contributed by atoms with Crippen LogP contribution in [0.4, 0.5) is 27.2 Å². The Hall–Kier alpha value is -2.84. The van der Waals surface area contributed by atoms with Crippen LogP contribution < -0.4 is 9.64 Å². The number of anilines is 1. The Bertz CT molecular complexity index is 1310. The van der Waals surface area contributed by atoms with Crippen LogP contribution in [0.5, 0.6) is 5.75 Å². The minimum atomic E-state index is 0.520. The van der Waals surface area contributed by atoms with Crippen molar-refractivity contribution in [1.82, 2.24) is 4.98 Å². The highest BCUT2D eigenvalue weighted by Crippen LogP contribution is 2.37. The number of azo groups is 2. The second-order valence-corrected chi connectivity index (χ2v) is 13.2. The smallest absolute Gasteiger partial charge is 0.232 e. The van der Waals surface area contributed by atoms with E-state index in [4.69, 9.17) is 16.3 Å². The molecule has 0 radical (unpaired) electrons. The number of benzene rings is 2. The molecule has 0 aliphatic carbocycles.